The lowest BCUT2D eigenvalue weighted by molar-refractivity contribution is -0.129. The van der Waals surface area contributed by atoms with E-state index in [1.807, 2.05) is 6.92 Å². The topological polar surface area (TPSA) is 87.7 Å². The van der Waals surface area contributed by atoms with Crippen LogP contribution in [0.3, 0.4) is 0 Å². The molecule has 0 heterocycles. The average molecular weight is 297 g/mol. The summed E-state index contributed by atoms with van der Waals surface area (Å²) in [5, 5.41) is 15.3. The van der Waals surface area contributed by atoms with E-state index in [4.69, 9.17) is 10.9 Å². The van der Waals surface area contributed by atoms with Gasteiger partial charge in [-0.2, -0.15) is 0 Å². The molecule has 1 unspecified atom stereocenters. The number of amidine groups is 1. The molecule has 1 aliphatic carbocycles. The van der Waals surface area contributed by atoms with E-state index < -0.39 is 5.41 Å². The SMILES string of the molecule is CCCCCC(C)NC(=O)C1(C(N)=NO)CCCCCC1. The quantitative estimate of drug-likeness (QED) is 0.168. The first-order valence-electron chi connectivity index (χ1n) is 8.35. The van der Waals surface area contributed by atoms with Crippen molar-refractivity contribution >= 4 is 11.7 Å². The van der Waals surface area contributed by atoms with Crippen LogP contribution in [0.5, 0.6) is 0 Å². The van der Waals surface area contributed by atoms with Gasteiger partial charge in [0.2, 0.25) is 5.91 Å². The van der Waals surface area contributed by atoms with Crippen LogP contribution in [0.4, 0.5) is 0 Å². The largest absolute Gasteiger partial charge is 0.409 e. The van der Waals surface area contributed by atoms with E-state index >= 15 is 0 Å². The monoisotopic (exact) mass is 297 g/mol. The summed E-state index contributed by atoms with van der Waals surface area (Å²) in [5.74, 6) is 0.00589. The summed E-state index contributed by atoms with van der Waals surface area (Å²) in [6, 6.07) is 0.135. The van der Waals surface area contributed by atoms with Crippen LogP contribution in [0.25, 0.3) is 0 Å². The molecule has 0 aromatic carbocycles. The Kier molecular flexibility index (Phi) is 7.54. The van der Waals surface area contributed by atoms with Gasteiger partial charge in [-0.1, -0.05) is 57.0 Å². The standard InChI is InChI=1S/C16H31N3O2/c1-3-4-7-10-13(2)18-15(20)16(14(17)19-21)11-8-5-6-9-12-16/h13,21H,3-12H2,1-2H3,(H2,17,19)(H,18,20). The molecule has 1 saturated carbocycles. The first-order valence-corrected chi connectivity index (χ1v) is 8.35. The number of unbranched alkanes of at least 4 members (excludes halogenated alkanes) is 2. The van der Waals surface area contributed by atoms with Crippen molar-refractivity contribution in [2.45, 2.75) is 84.1 Å². The summed E-state index contributed by atoms with van der Waals surface area (Å²) in [7, 11) is 0. The molecule has 1 atom stereocenters. The summed E-state index contributed by atoms with van der Waals surface area (Å²) in [6.07, 6.45) is 9.94. The maximum absolute atomic E-state index is 12.7. The summed E-state index contributed by atoms with van der Waals surface area (Å²) < 4.78 is 0. The summed E-state index contributed by atoms with van der Waals surface area (Å²) in [6.45, 7) is 4.20. The molecule has 5 heteroatoms. The molecule has 1 rings (SSSR count). The molecule has 122 valence electrons. The fourth-order valence-corrected chi connectivity index (χ4v) is 3.16. The minimum absolute atomic E-state index is 0.0660. The minimum atomic E-state index is -0.815. The van der Waals surface area contributed by atoms with E-state index in [1.54, 1.807) is 0 Å². The number of nitrogens with one attached hydrogen (secondary N) is 1. The zero-order valence-electron chi connectivity index (χ0n) is 13.5. The highest BCUT2D eigenvalue weighted by molar-refractivity contribution is 6.06. The second-order valence-electron chi connectivity index (χ2n) is 6.35. The molecule has 1 aliphatic rings. The highest BCUT2D eigenvalue weighted by atomic mass is 16.4. The highest BCUT2D eigenvalue weighted by Crippen LogP contribution is 2.35. The third-order valence-electron chi connectivity index (χ3n) is 4.61. The van der Waals surface area contributed by atoms with Crippen LogP contribution in [0.2, 0.25) is 0 Å². The van der Waals surface area contributed by atoms with Crippen LogP contribution in [0.1, 0.15) is 78.1 Å². The molecule has 0 aromatic heterocycles. The lowest BCUT2D eigenvalue weighted by Gasteiger charge is -2.31. The van der Waals surface area contributed by atoms with Crippen LogP contribution >= 0.6 is 0 Å². The summed E-state index contributed by atoms with van der Waals surface area (Å²) in [4.78, 5) is 12.7. The average Bonchev–Trinajstić information content (AvgIpc) is 2.73. The Morgan fingerprint density at radius 3 is 2.43 bits per heavy atom. The predicted octanol–water partition coefficient (Wildman–Crippen LogP) is 3.16. The van der Waals surface area contributed by atoms with E-state index in [9.17, 15) is 4.79 Å². The molecule has 0 bridgehead atoms. The maximum Gasteiger partial charge on any atom is 0.234 e. The second kappa shape index (κ2) is 8.90. The lowest BCUT2D eigenvalue weighted by Crippen LogP contribution is -2.51. The molecule has 21 heavy (non-hydrogen) atoms. The van der Waals surface area contributed by atoms with Crippen molar-refractivity contribution in [1.82, 2.24) is 5.32 Å². The number of carbonyl (C=O) groups excluding carboxylic acids is 1. The highest BCUT2D eigenvalue weighted by Gasteiger charge is 2.43. The van der Waals surface area contributed by atoms with Gasteiger partial charge >= 0.3 is 0 Å². The molecule has 5 nitrogen and oxygen atoms in total. The zero-order valence-corrected chi connectivity index (χ0v) is 13.5. The zero-order chi connectivity index (χ0) is 15.7. The van der Waals surface area contributed by atoms with Crippen molar-refractivity contribution in [2.75, 3.05) is 0 Å². The first kappa shape index (κ1) is 17.8. The Morgan fingerprint density at radius 1 is 1.29 bits per heavy atom. The van der Waals surface area contributed by atoms with E-state index in [-0.39, 0.29) is 17.8 Å². The van der Waals surface area contributed by atoms with Gasteiger partial charge < -0.3 is 16.3 Å². The molecular formula is C16H31N3O2. The van der Waals surface area contributed by atoms with E-state index in [0.29, 0.717) is 12.8 Å². The van der Waals surface area contributed by atoms with Crippen LogP contribution in [0.15, 0.2) is 5.16 Å². The maximum atomic E-state index is 12.7. The number of rotatable bonds is 7. The smallest absolute Gasteiger partial charge is 0.234 e. The molecule has 0 aromatic rings. The number of nitrogens with two attached hydrogens (primary N) is 1. The Balaban J connectivity index is 2.71. The molecular weight excluding hydrogens is 266 g/mol. The fraction of sp³-hybridized carbons (Fsp3) is 0.875. The number of hydrogen-bond acceptors (Lipinski definition) is 3. The van der Waals surface area contributed by atoms with Crippen LogP contribution in [-0.2, 0) is 4.79 Å². The third-order valence-corrected chi connectivity index (χ3v) is 4.61. The number of hydrogen-bond donors (Lipinski definition) is 3. The lowest BCUT2D eigenvalue weighted by atomic mass is 9.78. The van der Waals surface area contributed by atoms with Crippen molar-refractivity contribution in [3.05, 3.63) is 0 Å². The van der Waals surface area contributed by atoms with Crippen molar-refractivity contribution in [2.24, 2.45) is 16.3 Å². The van der Waals surface area contributed by atoms with Crippen molar-refractivity contribution < 1.29 is 10.0 Å². The Labute approximate surface area is 128 Å². The molecule has 4 N–H and O–H groups in total. The second-order valence-corrected chi connectivity index (χ2v) is 6.35. The number of amides is 1. The van der Waals surface area contributed by atoms with Gasteiger partial charge in [-0.15, -0.1) is 0 Å². The van der Waals surface area contributed by atoms with Gasteiger partial charge in [0.15, 0.2) is 5.84 Å². The van der Waals surface area contributed by atoms with Gasteiger partial charge in [-0.05, 0) is 26.2 Å². The number of oxime groups is 1. The fourth-order valence-electron chi connectivity index (χ4n) is 3.16. The van der Waals surface area contributed by atoms with Gasteiger partial charge in [0, 0.05) is 6.04 Å². The van der Waals surface area contributed by atoms with Gasteiger partial charge in [0.1, 0.15) is 5.41 Å². The Morgan fingerprint density at radius 2 is 1.90 bits per heavy atom. The molecule has 0 spiro atoms. The van der Waals surface area contributed by atoms with Crippen LogP contribution in [0, 0.1) is 5.41 Å². The predicted molar refractivity (Wildman–Crippen MR) is 85.3 cm³/mol. The van der Waals surface area contributed by atoms with Gasteiger partial charge in [-0.3, -0.25) is 4.79 Å². The van der Waals surface area contributed by atoms with Gasteiger partial charge in [0.25, 0.3) is 0 Å². The normalized spacial score (nSPS) is 20.6. The van der Waals surface area contributed by atoms with E-state index in [1.165, 1.54) is 12.8 Å². The minimum Gasteiger partial charge on any atom is -0.409 e. The number of nitrogens with zero attached hydrogens (tertiary/aromatic N) is 1. The van der Waals surface area contributed by atoms with Crippen LogP contribution in [-0.4, -0.2) is 23.0 Å². The van der Waals surface area contributed by atoms with Crippen molar-refractivity contribution in [1.29, 1.82) is 0 Å². The van der Waals surface area contributed by atoms with Crippen molar-refractivity contribution in [3.63, 3.8) is 0 Å². The van der Waals surface area contributed by atoms with Gasteiger partial charge in [-0.25, -0.2) is 0 Å². The number of carbonyl (C=O) groups is 1. The molecule has 1 amide bonds. The van der Waals surface area contributed by atoms with Crippen molar-refractivity contribution in [3.8, 4) is 0 Å². The molecule has 0 aliphatic heterocycles. The van der Waals surface area contributed by atoms with E-state index in [0.717, 1.165) is 38.5 Å². The van der Waals surface area contributed by atoms with Crippen LogP contribution < -0.4 is 11.1 Å². The van der Waals surface area contributed by atoms with Gasteiger partial charge in [0.05, 0.1) is 0 Å². The third kappa shape index (κ3) is 4.90. The molecule has 1 fully saturated rings. The first-order chi connectivity index (χ1) is 10.1. The van der Waals surface area contributed by atoms with E-state index in [2.05, 4.69) is 17.4 Å². The molecule has 0 radical (unpaired) electrons. The molecule has 0 saturated heterocycles. The Bertz CT molecular complexity index is 347. The Hall–Kier alpha value is -1.26. The summed E-state index contributed by atoms with van der Waals surface area (Å²) in [5.41, 5.74) is 5.07. The summed E-state index contributed by atoms with van der Waals surface area (Å²) >= 11 is 0.